The number of benzene rings is 1. The monoisotopic (exact) mass is 193 g/mol. The van der Waals surface area contributed by atoms with Crippen molar-refractivity contribution in [2.45, 2.75) is 38.1 Å². The van der Waals surface area contributed by atoms with E-state index in [0.717, 1.165) is 5.56 Å². The Balaban J connectivity index is 0.00000112. The van der Waals surface area contributed by atoms with Gasteiger partial charge in [-0.15, -0.1) is 12.1 Å². The molecule has 74 valence electrons. The van der Waals surface area contributed by atoms with Gasteiger partial charge in [0.05, 0.1) is 0 Å². The third-order valence-corrected chi connectivity index (χ3v) is 2.72. The summed E-state index contributed by atoms with van der Waals surface area (Å²) in [4.78, 5) is 4.50. The quantitative estimate of drug-likeness (QED) is 0.364. The summed E-state index contributed by atoms with van der Waals surface area (Å²) < 4.78 is 0. The summed E-state index contributed by atoms with van der Waals surface area (Å²) in [6.07, 6.45) is 9.70. The van der Waals surface area contributed by atoms with Gasteiger partial charge in [0, 0.05) is 6.04 Å². The molecule has 0 N–H and O–H groups in total. The minimum Gasteiger partial charge on any atom is -0.356 e. The molecule has 0 aliphatic heterocycles. The first kappa shape index (κ1) is 12.6. The van der Waals surface area contributed by atoms with Crippen molar-refractivity contribution in [1.29, 1.82) is 0 Å². The molecule has 0 saturated heterocycles. The summed E-state index contributed by atoms with van der Waals surface area (Å²) in [5, 5.41) is 0. The minimum absolute atomic E-state index is 0. The van der Waals surface area contributed by atoms with Crippen LogP contribution in [0.4, 0.5) is 0 Å². The fourth-order valence-corrected chi connectivity index (χ4v) is 1.89. The van der Waals surface area contributed by atoms with Gasteiger partial charge in [0.1, 0.15) is 0 Å². The first-order valence-corrected chi connectivity index (χ1v) is 5.46. The summed E-state index contributed by atoms with van der Waals surface area (Å²) in [7, 11) is 0. The normalized spacial score (nSPS) is 17.6. The average molecular weight is 193 g/mol. The van der Waals surface area contributed by atoms with Crippen LogP contribution in [0.3, 0.4) is 0 Å². The second kappa shape index (κ2) is 6.88. The Morgan fingerprint density at radius 3 is 2.33 bits per heavy atom. The molecule has 1 aromatic carbocycles. The first-order valence-electron chi connectivity index (χ1n) is 5.46. The summed E-state index contributed by atoms with van der Waals surface area (Å²) in [5.74, 6) is 0. The molecule has 0 atom stereocenters. The van der Waals surface area contributed by atoms with Crippen LogP contribution < -0.4 is 18.9 Å². The van der Waals surface area contributed by atoms with Gasteiger partial charge in [-0.05, 0) is 12.8 Å². The van der Waals surface area contributed by atoms with E-state index in [-0.39, 0.29) is 18.9 Å². The molecule has 0 unspecified atom stereocenters. The van der Waals surface area contributed by atoms with Crippen molar-refractivity contribution in [3.8, 4) is 0 Å². The number of hydrogen-bond donors (Lipinski definition) is 0. The van der Waals surface area contributed by atoms with Crippen LogP contribution in [0.2, 0.25) is 0 Å². The molecule has 1 fully saturated rings. The molecule has 1 aliphatic carbocycles. The molecule has 1 saturated carbocycles. The third-order valence-electron chi connectivity index (χ3n) is 2.72. The van der Waals surface area contributed by atoms with E-state index in [9.17, 15) is 0 Å². The summed E-state index contributed by atoms with van der Waals surface area (Å²) in [6, 6.07) is 10.7. The number of rotatable bonds is 2. The molecule has 1 aromatic rings. The Morgan fingerprint density at radius 1 is 1.00 bits per heavy atom. The van der Waals surface area contributed by atoms with Crippen LogP contribution >= 0.6 is 0 Å². The van der Waals surface area contributed by atoms with Crippen LogP contribution in [0, 0.1) is 0 Å². The molecule has 0 aromatic heterocycles. The number of hydrogen-bond acceptors (Lipinski definition) is 1. The molecule has 1 aliphatic rings. The molecule has 2 rings (SSSR count). The van der Waals surface area contributed by atoms with Crippen molar-refractivity contribution in [2.24, 2.45) is 4.99 Å². The Bertz CT molecular complexity index is 289. The zero-order chi connectivity index (χ0) is 9.64. The van der Waals surface area contributed by atoms with E-state index in [1.54, 1.807) is 0 Å². The van der Waals surface area contributed by atoms with Gasteiger partial charge in [-0.1, -0.05) is 31.5 Å². The van der Waals surface area contributed by atoms with E-state index in [2.05, 4.69) is 11.2 Å². The molecule has 0 bridgehead atoms. The van der Waals surface area contributed by atoms with Gasteiger partial charge in [0.15, 0.2) is 0 Å². The maximum absolute atomic E-state index is 4.50. The number of nitrogens with zero attached hydrogens (tertiary/aromatic N) is 1. The van der Waals surface area contributed by atoms with Crippen LogP contribution in [0.5, 0.6) is 0 Å². The fourth-order valence-electron chi connectivity index (χ4n) is 1.89. The Labute approximate surface area is 104 Å². The van der Waals surface area contributed by atoms with Gasteiger partial charge in [-0.3, -0.25) is 0 Å². The standard InChI is InChI=1S/C13H16N.Li/c1-3-7-12(8-4-1)11-14-13-9-5-2-6-10-13;/h1,3-4,7-8,13H,2,5-6,9-10H2;/q-1;+1. The Morgan fingerprint density at radius 2 is 1.67 bits per heavy atom. The van der Waals surface area contributed by atoms with E-state index in [1.807, 2.05) is 30.3 Å². The van der Waals surface area contributed by atoms with Crippen LogP contribution in [-0.4, -0.2) is 12.3 Å². The van der Waals surface area contributed by atoms with E-state index in [4.69, 9.17) is 0 Å². The third kappa shape index (κ3) is 4.24. The molecule has 0 spiro atoms. The Hall–Kier alpha value is -0.513. The van der Waals surface area contributed by atoms with Crippen LogP contribution in [0.15, 0.2) is 35.3 Å². The van der Waals surface area contributed by atoms with Crippen molar-refractivity contribution >= 4 is 6.21 Å². The zero-order valence-electron chi connectivity index (χ0n) is 9.45. The molecular formula is C13H16LiN. The van der Waals surface area contributed by atoms with Crippen molar-refractivity contribution in [2.75, 3.05) is 0 Å². The van der Waals surface area contributed by atoms with E-state index in [0.29, 0.717) is 6.04 Å². The molecule has 0 radical (unpaired) electrons. The van der Waals surface area contributed by atoms with Gasteiger partial charge < -0.3 is 4.99 Å². The smallest absolute Gasteiger partial charge is 0.356 e. The van der Waals surface area contributed by atoms with Crippen molar-refractivity contribution in [3.63, 3.8) is 0 Å². The van der Waals surface area contributed by atoms with Crippen molar-refractivity contribution in [1.82, 2.24) is 0 Å². The maximum Gasteiger partial charge on any atom is 1.00 e. The Kier molecular flexibility index (Phi) is 5.76. The molecule has 15 heavy (non-hydrogen) atoms. The molecule has 0 amide bonds. The second-order valence-corrected chi connectivity index (χ2v) is 3.90. The van der Waals surface area contributed by atoms with Crippen molar-refractivity contribution < 1.29 is 18.9 Å². The number of aliphatic imine (C=N–C) groups is 1. The largest absolute Gasteiger partial charge is 1.00 e. The van der Waals surface area contributed by atoms with Crippen LogP contribution in [-0.2, 0) is 0 Å². The predicted octanol–water partition coefficient (Wildman–Crippen LogP) is 0.319. The summed E-state index contributed by atoms with van der Waals surface area (Å²) >= 11 is 0. The SMILES string of the molecule is [C-](=NC1CCCCC1)c1ccccc1.[Li+]. The van der Waals surface area contributed by atoms with Crippen LogP contribution in [0.1, 0.15) is 37.7 Å². The van der Waals surface area contributed by atoms with E-state index < -0.39 is 0 Å². The van der Waals surface area contributed by atoms with E-state index in [1.165, 1.54) is 32.1 Å². The summed E-state index contributed by atoms with van der Waals surface area (Å²) in [6.45, 7) is 0. The molecule has 1 nitrogen and oxygen atoms in total. The minimum atomic E-state index is 0. The predicted molar refractivity (Wildman–Crippen MR) is 59.9 cm³/mol. The van der Waals surface area contributed by atoms with Crippen molar-refractivity contribution in [3.05, 3.63) is 35.9 Å². The van der Waals surface area contributed by atoms with Crippen LogP contribution in [0.25, 0.3) is 0 Å². The zero-order valence-corrected chi connectivity index (χ0v) is 9.45. The summed E-state index contributed by atoms with van der Waals surface area (Å²) in [5.41, 5.74) is 1.10. The van der Waals surface area contributed by atoms with E-state index >= 15 is 0 Å². The van der Waals surface area contributed by atoms with Gasteiger partial charge in [-0.2, -0.15) is 17.7 Å². The first-order chi connectivity index (χ1) is 6.95. The van der Waals surface area contributed by atoms with Gasteiger partial charge >= 0.3 is 18.9 Å². The average Bonchev–Trinajstić information content (AvgIpc) is 2.29. The molecule has 0 heterocycles. The fraction of sp³-hybridized carbons (Fsp3) is 0.462. The van der Waals surface area contributed by atoms with Gasteiger partial charge in [0.2, 0.25) is 0 Å². The maximum atomic E-state index is 4.50. The topological polar surface area (TPSA) is 12.4 Å². The van der Waals surface area contributed by atoms with Gasteiger partial charge in [0.25, 0.3) is 0 Å². The van der Waals surface area contributed by atoms with Gasteiger partial charge in [-0.25, -0.2) is 0 Å². The molecule has 2 heteroatoms. The molecular weight excluding hydrogens is 177 g/mol. The second-order valence-electron chi connectivity index (χ2n) is 3.90.